The molecule has 1 aliphatic rings. The summed E-state index contributed by atoms with van der Waals surface area (Å²) in [6, 6.07) is 0.511. The van der Waals surface area contributed by atoms with E-state index < -0.39 is 0 Å². The summed E-state index contributed by atoms with van der Waals surface area (Å²) in [4.78, 5) is 11.4. The second-order valence-corrected chi connectivity index (χ2v) is 6.47. The summed E-state index contributed by atoms with van der Waals surface area (Å²) in [5.41, 5.74) is 0. The summed E-state index contributed by atoms with van der Waals surface area (Å²) in [5, 5.41) is 10.8. The molecule has 130 valence electrons. The van der Waals surface area contributed by atoms with Crippen molar-refractivity contribution in [1.29, 1.82) is 0 Å². The minimum Gasteiger partial charge on any atom is -0.357 e. The summed E-state index contributed by atoms with van der Waals surface area (Å²) in [6.45, 7) is 11.4. The molecular weight excluding hydrogens is 290 g/mol. The first-order valence-electron chi connectivity index (χ1n) is 8.69. The van der Waals surface area contributed by atoms with Crippen LogP contribution in [0.25, 0.3) is 0 Å². The molecule has 0 aliphatic carbocycles. The Balaban J connectivity index is 1.85. The zero-order valence-electron chi connectivity index (χ0n) is 14.9. The molecular formula is C16H31N7. The smallest absolute Gasteiger partial charge is 0.191 e. The summed E-state index contributed by atoms with van der Waals surface area (Å²) in [6.07, 6.45) is 4.23. The molecule has 1 aromatic rings. The van der Waals surface area contributed by atoms with Crippen molar-refractivity contribution in [3.63, 3.8) is 0 Å². The van der Waals surface area contributed by atoms with Gasteiger partial charge in [0, 0.05) is 32.7 Å². The van der Waals surface area contributed by atoms with Gasteiger partial charge in [-0.25, -0.2) is 9.98 Å². The summed E-state index contributed by atoms with van der Waals surface area (Å²) < 4.78 is 1.75. The van der Waals surface area contributed by atoms with E-state index in [9.17, 15) is 0 Å². The Hall–Kier alpha value is -1.63. The second kappa shape index (κ2) is 8.86. The highest BCUT2D eigenvalue weighted by Gasteiger charge is 2.20. The van der Waals surface area contributed by atoms with E-state index in [-0.39, 0.29) is 0 Å². The molecule has 7 heteroatoms. The van der Waals surface area contributed by atoms with Crippen LogP contribution in [0.5, 0.6) is 0 Å². The number of piperidine rings is 1. The minimum absolute atomic E-state index is 0.511. The molecule has 1 saturated heterocycles. The first-order chi connectivity index (χ1) is 11.1. The van der Waals surface area contributed by atoms with Crippen molar-refractivity contribution in [3.8, 4) is 0 Å². The number of hydrogen-bond donors (Lipinski definition) is 2. The van der Waals surface area contributed by atoms with Crippen LogP contribution in [0.1, 0.15) is 39.4 Å². The van der Waals surface area contributed by atoms with Crippen LogP contribution in [0.4, 0.5) is 0 Å². The van der Waals surface area contributed by atoms with E-state index in [1.165, 1.54) is 25.9 Å². The van der Waals surface area contributed by atoms with Crippen LogP contribution in [0, 0.1) is 5.92 Å². The molecule has 2 N–H and O–H groups in total. The van der Waals surface area contributed by atoms with Gasteiger partial charge in [-0.15, -0.1) is 0 Å². The number of aromatic nitrogens is 3. The van der Waals surface area contributed by atoms with Crippen LogP contribution in [-0.4, -0.2) is 57.8 Å². The predicted molar refractivity (Wildman–Crippen MR) is 93.3 cm³/mol. The van der Waals surface area contributed by atoms with E-state index in [1.807, 2.05) is 7.05 Å². The summed E-state index contributed by atoms with van der Waals surface area (Å²) in [7, 11) is 1.89. The molecule has 0 aromatic carbocycles. The Morgan fingerprint density at radius 2 is 2.30 bits per heavy atom. The fourth-order valence-electron chi connectivity index (χ4n) is 2.95. The van der Waals surface area contributed by atoms with E-state index in [1.54, 1.807) is 11.0 Å². The van der Waals surface area contributed by atoms with E-state index in [2.05, 4.69) is 51.4 Å². The molecule has 2 unspecified atom stereocenters. The third kappa shape index (κ3) is 5.49. The average Bonchev–Trinajstić information content (AvgIpc) is 2.95. The van der Waals surface area contributed by atoms with Gasteiger partial charge in [0.25, 0.3) is 0 Å². The van der Waals surface area contributed by atoms with E-state index in [4.69, 9.17) is 0 Å². The lowest BCUT2D eigenvalue weighted by molar-refractivity contribution is 0.139. The SMILES string of the molecule is CCNC(=NCc1ncnn1C)NCC(C)N1CCCC(C)C1. The molecule has 1 aromatic heterocycles. The number of aliphatic imine (C=N–C) groups is 1. The maximum Gasteiger partial charge on any atom is 0.191 e. The maximum absolute atomic E-state index is 4.60. The lowest BCUT2D eigenvalue weighted by Crippen LogP contribution is -2.48. The van der Waals surface area contributed by atoms with Gasteiger partial charge in [-0.05, 0) is 39.2 Å². The van der Waals surface area contributed by atoms with Gasteiger partial charge in [0.15, 0.2) is 5.96 Å². The van der Waals surface area contributed by atoms with Gasteiger partial charge in [-0.3, -0.25) is 9.58 Å². The van der Waals surface area contributed by atoms with Gasteiger partial charge in [-0.2, -0.15) is 5.10 Å². The molecule has 1 aliphatic heterocycles. The van der Waals surface area contributed by atoms with Crippen LogP contribution in [-0.2, 0) is 13.6 Å². The standard InChI is InChI=1S/C16H31N7/c1-5-17-16(19-10-15-20-12-21-22(15)4)18-9-14(3)23-8-6-7-13(2)11-23/h12-14H,5-11H2,1-4H3,(H2,17,18,19). The molecule has 1 fully saturated rings. The molecule has 23 heavy (non-hydrogen) atoms. The van der Waals surface area contributed by atoms with Gasteiger partial charge in [0.2, 0.25) is 0 Å². The van der Waals surface area contributed by atoms with E-state index in [0.717, 1.165) is 30.8 Å². The number of aryl methyl sites for hydroxylation is 1. The lowest BCUT2D eigenvalue weighted by Gasteiger charge is -2.35. The number of nitrogens with one attached hydrogen (secondary N) is 2. The topological polar surface area (TPSA) is 70.4 Å². The highest BCUT2D eigenvalue weighted by Crippen LogP contribution is 2.17. The average molecular weight is 321 g/mol. The fourth-order valence-corrected chi connectivity index (χ4v) is 2.95. The third-order valence-electron chi connectivity index (χ3n) is 4.40. The summed E-state index contributed by atoms with van der Waals surface area (Å²) >= 11 is 0. The van der Waals surface area contributed by atoms with Crippen LogP contribution in [0.2, 0.25) is 0 Å². The van der Waals surface area contributed by atoms with E-state index in [0.29, 0.717) is 12.6 Å². The third-order valence-corrected chi connectivity index (χ3v) is 4.40. The normalized spacial score (nSPS) is 21.2. The molecule has 0 radical (unpaired) electrons. The van der Waals surface area contributed by atoms with Gasteiger partial charge in [-0.1, -0.05) is 6.92 Å². The molecule has 0 amide bonds. The van der Waals surface area contributed by atoms with Crippen molar-refractivity contribution < 1.29 is 0 Å². The first kappa shape index (κ1) is 17.7. The first-order valence-corrected chi connectivity index (χ1v) is 8.69. The molecule has 2 atom stereocenters. The van der Waals surface area contributed by atoms with Gasteiger partial charge in [0.1, 0.15) is 18.7 Å². The molecule has 2 heterocycles. The zero-order valence-corrected chi connectivity index (χ0v) is 14.9. The van der Waals surface area contributed by atoms with Crippen molar-refractivity contribution in [3.05, 3.63) is 12.2 Å². The highest BCUT2D eigenvalue weighted by atomic mass is 15.3. The van der Waals surface area contributed by atoms with Gasteiger partial charge in [0.05, 0.1) is 0 Å². The Labute approximate surface area is 139 Å². The van der Waals surface area contributed by atoms with E-state index >= 15 is 0 Å². The van der Waals surface area contributed by atoms with Crippen molar-refractivity contribution in [2.45, 2.75) is 46.2 Å². The van der Waals surface area contributed by atoms with Crippen LogP contribution < -0.4 is 10.6 Å². The molecule has 0 spiro atoms. The largest absolute Gasteiger partial charge is 0.357 e. The lowest BCUT2D eigenvalue weighted by atomic mass is 9.99. The Kier molecular flexibility index (Phi) is 6.83. The molecule has 0 saturated carbocycles. The second-order valence-electron chi connectivity index (χ2n) is 6.47. The van der Waals surface area contributed by atoms with Crippen molar-refractivity contribution in [1.82, 2.24) is 30.3 Å². The fraction of sp³-hybridized carbons (Fsp3) is 0.812. The quantitative estimate of drug-likeness (QED) is 0.604. The van der Waals surface area contributed by atoms with Crippen molar-refractivity contribution in [2.24, 2.45) is 18.0 Å². The number of hydrogen-bond acceptors (Lipinski definition) is 4. The van der Waals surface area contributed by atoms with Crippen LogP contribution >= 0.6 is 0 Å². The highest BCUT2D eigenvalue weighted by molar-refractivity contribution is 5.79. The minimum atomic E-state index is 0.511. The molecule has 2 rings (SSSR count). The zero-order chi connectivity index (χ0) is 16.7. The Bertz CT molecular complexity index is 496. The van der Waals surface area contributed by atoms with Crippen LogP contribution in [0.15, 0.2) is 11.3 Å². The van der Waals surface area contributed by atoms with Crippen molar-refractivity contribution >= 4 is 5.96 Å². The van der Waals surface area contributed by atoms with Crippen LogP contribution in [0.3, 0.4) is 0 Å². The monoisotopic (exact) mass is 321 g/mol. The number of rotatable bonds is 6. The Morgan fingerprint density at radius 3 is 2.96 bits per heavy atom. The predicted octanol–water partition coefficient (Wildman–Crippen LogP) is 0.991. The number of likely N-dealkylation sites (tertiary alicyclic amines) is 1. The number of guanidine groups is 1. The van der Waals surface area contributed by atoms with Crippen molar-refractivity contribution in [2.75, 3.05) is 26.2 Å². The Morgan fingerprint density at radius 1 is 1.48 bits per heavy atom. The molecule has 0 bridgehead atoms. The molecule has 7 nitrogen and oxygen atoms in total. The van der Waals surface area contributed by atoms with Gasteiger partial charge >= 0.3 is 0 Å². The number of nitrogens with zero attached hydrogens (tertiary/aromatic N) is 5. The summed E-state index contributed by atoms with van der Waals surface area (Å²) in [5.74, 6) is 2.51. The maximum atomic E-state index is 4.60. The van der Waals surface area contributed by atoms with Gasteiger partial charge < -0.3 is 10.6 Å².